The van der Waals surface area contributed by atoms with E-state index in [4.69, 9.17) is 4.42 Å². The number of nitrogens with zero attached hydrogens (tertiary/aromatic N) is 4. The summed E-state index contributed by atoms with van der Waals surface area (Å²) >= 11 is 0. The van der Waals surface area contributed by atoms with E-state index in [-0.39, 0.29) is 11.7 Å². The van der Waals surface area contributed by atoms with Gasteiger partial charge in [0.25, 0.3) is 5.91 Å². The molecule has 1 aliphatic heterocycles. The molecule has 1 aromatic carbocycles. The summed E-state index contributed by atoms with van der Waals surface area (Å²) in [5.74, 6) is 0.112. The van der Waals surface area contributed by atoms with E-state index in [1.807, 2.05) is 41.1 Å². The average Bonchev–Trinajstić information content (AvgIpc) is 3.27. The third-order valence-corrected chi connectivity index (χ3v) is 4.66. The lowest BCUT2D eigenvalue weighted by molar-refractivity contribution is 0.0672. The molecule has 4 rings (SSSR count). The van der Waals surface area contributed by atoms with Gasteiger partial charge in [0.15, 0.2) is 6.39 Å². The molecule has 3 heterocycles. The molecular formula is C19H20N4O3. The lowest BCUT2D eigenvalue weighted by Crippen LogP contribution is -2.38. The third-order valence-electron chi connectivity index (χ3n) is 4.66. The quantitative estimate of drug-likeness (QED) is 0.777. The molecule has 0 spiro atoms. The minimum absolute atomic E-state index is 0.168. The van der Waals surface area contributed by atoms with Crippen LogP contribution in [0.1, 0.15) is 39.3 Å². The maximum absolute atomic E-state index is 12.6. The van der Waals surface area contributed by atoms with Crippen LogP contribution in [0.2, 0.25) is 0 Å². The maximum Gasteiger partial charge on any atom is 0.291 e. The van der Waals surface area contributed by atoms with Crippen LogP contribution in [0, 0.1) is 6.92 Å². The standard InChI is InChI=1S/C19H20N4O3/c1-13-18(26-12-20-13)19(25)22-7-8-23-15(11-22)10-16(21-23)17(24)9-14-5-3-2-4-6-14/h2-6,10,12,17,24H,7-9,11H2,1H3/t17-/m1/s1. The maximum atomic E-state index is 12.6. The van der Waals surface area contributed by atoms with Gasteiger partial charge in [-0.1, -0.05) is 30.3 Å². The molecule has 7 nitrogen and oxygen atoms in total. The van der Waals surface area contributed by atoms with Gasteiger partial charge in [-0.05, 0) is 18.6 Å². The van der Waals surface area contributed by atoms with Crippen molar-refractivity contribution >= 4 is 5.91 Å². The van der Waals surface area contributed by atoms with Crippen LogP contribution in [-0.2, 0) is 19.5 Å². The van der Waals surface area contributed by atoms with Gasteiger partial charge in [0, 0.05) is 13.0 Å². The first kappa shape index (κ1) is 16.5. The van der Waals surface area contributed by atoms with Gasteiger partial charge < -0.3 is 14.4 Å². The van der Waals surface area contributed by atoms with E-state index in [1.165, 1.54) is 6.39 Å². The predicted molar refractivity (Wildman–Crippen MR) is 93.3 cm³/mol. The van der Waals surface area contributed by atoms with Crippen LogP contribution in [0.25, 0.3) is 0 Å². The minimum Gasteiger partial charge on any atom is -0.438 e. The molecule has 0 fully saturated rings. The van der Waals surface area contributed by atoms with Gasteiger partial charge >= 0.3 is 0 Å². The highest BCUT2D eigenvalue weighted by Crippen LogP contribution is 2.22. The largest absolute Gasteiger partial charge is 0.438 e. The molecule has 3 aromatic rings. The molecule has 134 valence electrons. The van der Waals surface area contributed by atoms with Crippen LogP contribution in [0.5, 0.6) is 0 Å². The summed E-state index contributed by atoms with van der Waals surface area (Å²) in [4.78, 5) is 18.3. The Kier molecular flexibility index (Phi) is 4.30. The van der Waals surface area contributed by atoms with Gasteiger partial charge in [-0.3, -0.25) is 9.48 Å². The number of carbonyl (C=O) groups excluding carboxylic acids is 1. The first-order valence-electron chi connectivity index (χ1n) is 8.60. The van der Waals surface area contributed by atoms with E-state index in [0.29, 0.717) is 37.4 Å². The topological polar surface area (TPSA) is 84.4 Å². The van der Waals surface area contributed by atoms with Crippen molar-refractivity contribution in [3.05, 3.63) is 71.2 Å². The summed E-state index contributed by atoms with van der Waals surface area (Å²) < 4.78 is 7.07. The Balaban J connectivity index is 1.48. The average molecular weight is 352 g/mol. The van der Waals surface area contributed by atoms with Crippen molar-refractivity contribution in [2.24, 2.45) is 0 Å². The van der Waals surface area contributed by atoms with E-state index in [1.54, 1.807) is 11.8 Å². The molecule has 1 N–H and O–H groups in total. The van der Waals surface area contributed by atoms with Crippen molar-refractivity contribution in [1.29, 1.82) is 0 Å². The Labute approximate surface area is 150 Å². The fourth-order valence-corrected chi connectivity index (χ4v) is 3.22. The number of hydrogen-bond donors (Lipinski definition) is 1. The summed E-state index contributed by atoms with van der Waals surface area (Å²) in [5.41, 5.74) is 3.19. The molecule has 7 heteroatoms. The number of aliphatic hydroxyl groups excluding tert-OH is 1. The van der Waals surface area contributed by atoms with Crippen molar-refractivity contribution in [1.82, 2.24) is 19.7 Å². The van der Waals surface area contributed by atoms with Crippen LogP contribution in [0.3, 0.4) is 0 Å². The Hall–Kier alpha value is -2.93. The van der Waals surface area contributed by atoms with Crippen molar-refractivity contribution in [3.63, 3.8) is 0 Å². The Morgan fingerprint density at radius 3 is 2.85 bits per heavy atom. The number of aromatic nitrogens is 3. The highest BCUT2D eigenvalue weighted by atomic mass is 16.3. The van der Waals surface area contributed by atoms with Crippen LogP contribution in [0.15, 0.2) is 47.2 Å². The van der Waals surface area contributed by atoms with Gasteiger partial charge in [0.05, 0.1) is 30.2 Å². The smallest absolute Gasteiger partial charge is 0.291 e. The monoisotopic (exact) mass is 352 g/mol. The Bertz CT molecular complexity index is 916. The Morgan fingerprint density at radius 1 is 1.31 bits per heavy atom. The lowest BCUT2D eigenvalue weighted by atomic mass is 10.1. The number of fused-ring (bicyclic) bond motifs is 1. The second-order valence-corrected chi connectivity index (χ2v) is 6.48. The first-order valence-corrected chi connectivity index (χ1v) is 8.60. The zero-order valence-electron chi connectivity index (χ0n) is 14.5. The zero-order valence-corrected chi connectivity index (χ0v) is 14.5. The SMILES string of the molecule is Cc1ncoc1C(=O)N1CCn2nc([C@H](O)Cc3ccccc3)cc2C1. The van der Waals surface area contributed by atoms with Crippen molar-refractivity contribution in [2.75, 3.05) is 6.54 Å². The molecule has 0 bridgehead atoms. The van der Waals surface area contributed by atoms with Crippen molar-refractivity contribution < 1.29 is 14.3 Å². The number of aliphatic hydroxyl groups is 1. The van der Waals surface area contributed by atoms with E-state index in [0.717, 1.165) is 11.3 Å². The van der Waals surface area contributed by atoms with Crippen LogP contribution in [-0.4, -0.2) is 37.2 Å². The molecule has 0 aliphatic carbocycles. The van der Waals surface area contributed by atoms with E-state index >= 15 is 0 Å². The molecule has 0 saturated carbocycles. The summed E-state index contributed by atoms with van der Waals surface area (Å²) in [7, 11) is 0. The second kappa shape index (κ2) is 6.76. The molecule has 0 unspecified atom stereocenters. The van der Waals surface area contributed by atoms with Crippen molar-refractivity contribution in [3.8, 4) is 0 Å². The van der Waals surface area contributed by atoms with Crippen LogP contribution < -0.4 is 0 Å². The molecule has 1 aliphatic rings. The van der Waals surface area contributed by atoms with E-state index in [9.17, 15) is 9.90 Å². The molecular weight excluding hydrogens is 332 g/mol. The molecule has 1 amide bonds. The van der Waals surface area contributed by atoms with E-state index in [2.05, 4.69) is 10.1 Å². The first-order chi connectivity index (χ1) is 12.6. The summed E-state index contributed by atoms with van der Waals surface area (Å²) in [5, 5.41) is 15.0. The number of rotatable bonds is 4. The highest BCUT2D eigenvalue weighted by molar-refractivity contribution is 5.92. The fraction of sp³-hybridized carbons (Fsp3) is 0.316. The molecule has 26 heavy (non-hydrogen) atoms. The summed E-state index contributed by atoms with van der Waals surface area (Å²) in [6.45, 7) is 3.32. The number of aryl methyl sites for hydroxylation is 1. The zero-order chi connectivity index (χ0) is 18.1. The third kappa shape index (κ3) is 3.13. The van der Waals surface area contributed by atoms with Gasteiger partial charge in [0.2, 0.25) is 5.76 Å². The molecule has 0 saturated heterocycles. The number of benzene rings is 1. The fourth-order valence-electron chi connectivity index (χ4n) is 3.22. The minimum atomic E-state index is -0.670. The lowest BCUT2D eigenvalue weighted by Gasteiger charge is -2.26. The highest BCUT2D eigenvalue weighted by Gasteiger charge is 2.27. The second-order valence-electron chi connectivity index (χ2n) is 6.48. The number of amides is 1. The number of carbonyl (C=O) groups is 1. The van der Waals surface area contributed by atoms with Gasteiger partial charge in [-0.25, -0.2) is 4.98 Å². The summed E-state index contributed by atoms with van der Waals surface area (Å²) in [6, 6.07) is 11.7. The molecule has 2 aromatic heterocycles. The van der Waals surface area contributed by atoms with Gasteiger partial charge in [-0.15, -0.1) is 0 Å². The van der Waals surface area contributed by atoms with Crippen LogP contribution in [0.4, 0.5) is 0 Å². The van der Waals surface area contributed by atoms with Gasteiger partial charge in [-0.2, -0.15) is 5.10 Å². The van der Waals surface area contributed by atoms with Crippen molar-refractivity contribution in [2.45, 2.75) is 32.5 Å². The molecule has 1 atom stereocenters. The summed E-state index contributed by atoms with van der Waals surface area (Å²) in [6.07, 6.45) is 1.13. The van der Waals surface area contributed by atoms with Crippen LogP contribution >= 0.6 is 0 Å². The predicted octanol–water partition coefficient (Wildman–Crippen LogP) is 2.11. The normalized spacial score (nSPS) is 14.9. The van der Waals surface area contributed by atoms with E-state index < -0.39 is 6.10 Å². The van der Waals surface area contributed by atoms with Gasteiger partial charge in [0.1, 0.15) is 6.10 Å². The molecule has 0 radical (unpaired) electrons. The number of hydrogen-bond acceptors (Lipinski definition) is 5. The Morgan fingerprint density at radius 2 is 2.12 bits per heavy atom. The number of oxazole rings is 1.